The maximum atomic E-state index is 5.48. The summed E-state index contributed by atoms with van der Waals surface area (Å²) in [6.45, 7) is 2.29. The molecule has 18 heavy (non-hydrogen) atoms. The Balaban J connectivity index is 2.86. The van der Waals surface area contributed by atoms with Crippen molar-refractivity contribution < 1.29 is 0 Å². The van der Waals surface area contributed by atoms with Crippen molar-refractivity contribution in [3.8, 4) is 0 Å². The first-order valence-electron chi connectivity index (χ1n) is 8.62. The molecule has 0 saturated heterocycles. The third-order valence-electron chi connectivity index (χ3n) is 3.81. The van der Waals surface area contributed by atoms with Crippen LogP contribution in [0, 0.1) is 0 Å². The lowest BCUT2D eigenvalue weighted by Gasteiger charge is -2.03. The highest BCUT2D eigenvalue weighted by Gasteiger charge is 1.93. The minimum Gasteiger partial charge on any atom is -0.0887 e. The molecule has 0 aromatic rings. The fraction of sp³-hybridized carbons (Fsp3) is 1.00. The van der Waals surface area contributed by atoms with E-state index in [1.54, 1.807) is 0 Å². The monoisotopic (exact) mass is 250 g/mol. The average molecular weight is 250 g/mol. The SMILES string of the molecule is [B]CCCCCCCCCCCCCCCCC. The lowest BCUT2D eigenvalue weighted by molar-refractivity contribution is 0.534. The van der Waals surface area contributed by atoms with E-state index in [1.165, 1.54) is 96.3 Å². The second-order valence-electron chi connectivity index (χ2n) is 5.74. The highest BCUT2D eigenvalue weighted by Crippen LogP contribution is 2.13. The topological polar surface area (TPSA) is 0 Å². The van der Waals surface area contributed by atoms with Gasteiger partial charge < -0.3 is 0 Å². The Morgan fingerprint density at radius 1 is 0.444 bits per heavy atom. The van der Waals surface area contributed by atoms with Crippen LogP contribution in [0.5, 0.6) is 0 Å². The first-order chi connectivity index (χ1) is 8.91. The molecule has 0 aliphatic rings. The molecule has 0 bridgehead atoms. The molecule has 1 heteroatoms. The van der Waals surface area contributed by atoms with E-state index in [0.717, 1.165) is 6.32 Å². The van der Waals surface area contributed by atoms with Crippen LogP contribution in [-0.4, -0.2) is 7.85 Å². The minimum absolute atomic E-state index is 0.873. The van der Waals surface area contributed by atoms with Crippen LogP contribution in [0.3, 0.4) is 0 Å². The van der Waals surface area contributed by atoms with Crippen molar-refractivity contribution >= 4 is 7.85 Å². The zero-order valence-corrected chi connectivity index (χ0v) is 12.9. The van der Waals surface area contributed by atoms with Crippen molar-refractivity contribution in [2.45, 2.75) is 110 Å². The molecule has 0 unspecified atom stereocenters. The van der Waals surface area contributed by atoms with E-state index in [9.17, 15) is 0 Å². The van der Waals surface area contributed by atoms with Gasteiger partial charge in [-0.3, -0.25) is 0 Å². The molecule has 0 heterocycles. The van der Waals surface area contributed by atoms with Crippen LogP contribution in [0.2, 0.25) is 6.32 Å². The first kappa shape index (κ1) is 18.1. The summed E-state index contributed by atoms with van der Waals surface area (Å²) in [5, 5.41) is 0. The van der Waals surface area contributed by atoms with Crippen molar-refractivity contribution in [1.82, 2.24) is 0 Å². The van der Waals surface area contributed by atoms with Gasteiger partial charge >= 0.3 is 0 Å². The van der Waals surface area contributed by atoms with E-state index in [0.29, 0.717) is 0 Å². The summed E-state index contributed by atoms with van der Waals surface area (Å²) in [6.07, 6.45) is 22.2. The summed E-state index contributed by atoms with van der Waals surface area (Å²) < 4.78 is 0. The Bertz CT molecular complexity index is 118. The summed E-state index contributed by atoms with van der Waals surface area (Å²) in [7, 11) is 5.48. The molecule has 0 fully saturated rings. The summed E-state index contributed by atoms with van der Waals surface area (Å²) in [6, 6.07) is 0. The number of hydrogen-bond acceptors (Lipinski definition) is 0. The van der Waals surface area contributed by atoms with Gasteiger partial charge in [0, 0.05) is 0 Å². The fourth-order valence-electron chi connectivity index (χ4n) is 2.52. The predicted molar refractivity (Wildman–Crippen MR) is 85.5 cm³/mol. The van der Waals surface area contributed by atoms with E-state index in [2.05, 4.69) is 6.92 Å². The summed E-state index contributed by atoms with van der Waals surface area (Å²) in [4.78, 5) is 0. The van der Waals surface area contributed by atoms with Crippen molar-refractivity contribution in [1.29, 1.82) is 0 Å². The van der Waals surface area contributed by atoms with Gasteiger partial charge in [0.1, 0.15) is 0 Å². The Morgan fingerprint density at radius 2 is 0.722 bits per heavy atom. The molecule has 0 aromatic heterocycles. The lowest BCUT2D eigenvalue weighted by atomic mass is 9.98. The highest BCUT2D eigenvalue weighted by molar-refractivity contribution is 6.08. The van der Waals surface area contributed by atoms with Gasteiger partial charge in [-0.05, 0) is 0 Å². The Hall–Kier alpha value is 0.0649. The Labute approximate surface area is 118 Å². The number of rotatable bonds is 15. The molecule has 0 nitrogen and oxygen atoms in total. The van der Waals surface area contributed by atoms with E-state index >= 15 is 0 Å². The van der Waals surface area contributed by atoms with E-state index in [-0.39, 0.29) is 0 Å². The normalized spacial score (nSPS) is 10.9. The van der Waals surface area contributed by atoms with Gasteiger partial charge in [-0.1, -0.05) is 110 Å². The summed E-state index contributed by atoms with van der Waals surface area (Å²) in [5.74, 6) is 0. The van der Waals surface area contributed by atoms with Gasteiger partial charge in [-0.2, -0.15) is 0 Å². The van der Waals surface area contributed by atoms with Crippen LogP contribution in [0.15, 0.2) is 0 Å². The Kier molecular flexibility index (Phi) is 17.1. The quantitative estimate of drug-likeness (QED) is 0.231. The van der Waals surface area contributed by atoms with Crippen LogP contribution >= 0.6 is 0 Å². The van der Waals surface area contributed by atoms with Crippen LogP contribution in [-0.2, 0) is 0 Å². The smallest absolute Gasteiger partial charge is 0.0653 e. The zero-order chi connectivity index (χ0) is 13.3. The predicted octanol–water partition coefficient (Wildman–Crippen LogP) is 6.44. The van der Waals surface area contributed by atoms with E-state index < -0.39 is 0 Å². The molecular weight excluding hydrogens is 215 g/mol. The molecular formula is C17H35B. The van der Waals surface area contributed by atoms with Crippen LogP contribution < -0.4 is 0 Å². The third kappa shape index (κ3) is 16.1. The molecule has 2 radical (unpaired) electrons. The second kappa shape index (κ2) is 17.1. The molecule has 0 atom stereocenters. The highest BCUT2D eigenvalue weighted by atomic mass is 14.0. The van der Waals surface area contributed by atoms with Crippen molar-refractivity contribution in [3.63, 3.8) is 0 Å². The van der Waals surface area contributed by atoms with Gasteiger partial charge in [-0.25, -0.2) is 0 Å². The maximum absolute atomic E-state index is 5.48. The minimum atomic E-state index is 0.873. The molecule has 0 saturated carbocycles. The van der Waals surface area contributed by atoms with Crippen molar-refractivity contribution in [2.75, 3.05) is 0 Å². The molecule has 0 spiro atoms. The Morgan fingerprint density at radius 3 is 1.00 bits per heavy atom. The van der Waals surface area contributed by atoms with Crippen molar-refractivity contribution in [2.24, 2.45) is 0 Å². The number of unbranched alkanes of at least 4 members (excludes halogenated alkanes) is 14. The molecule has 106 valence electrons. The molecule has 0 aliphatic carbocycles. The second-order valence-corrected chi connectivity index (χ2v) is 5.74. The molecule has 0 amide bonds. The van der Waals surface area contributed by atoms with Gasteiger partial charge in [0.25, 0.3) is 0 Å². The third-order valence-corrected chi connectivity index (χ3v) is 3.81. The van der Waals surface area contributed by atoms with Gasteiger partial charge in [0.05, 0.1) is 7.85 Å². The molecule has 0 aliphatic heterocycles. The van der Waals surface area contributed by atoms with E-state index in [1.807, 2.05) is 0 Å². The molecule has 0 aromatic carbocycles. The van der Waals surface area contributed by atoms with Crippen LogP contribution in [0.1, 0.15) is 103 Å². The summed E-state index contributed by atoms with van der Waals surface area (Å²) >= 11 is 0. The molecule has 0 rings (SSSR count). The van der Waals surface area contributed by atoms with Crippen molar-refractivity contribution in [3.05, 3.63) is 0 Å². The van der Waals surface area contributed by atoms with Crippen LogP contribution in [0.25, 0.3) is 0 Å². The van der Waals surface area contributed by atoms with Crippen LogP contribution in [0.4, 0.5) is 0 Å². The first-order valence-corrected chi connectivity index (χ1v) is 8.62. The maximum Gasteiger partial charge on any atom is 0.0653 e. The molecule has 0 N–H and O–H groups in total. The standard InChI is InChI=1S/C17H35B/c1-2-3-4-5-6-7-8-9-10-11-12-13-14-15-16-17-18/h2-17H2,1H3. The van der Waals surface area contributed by atoms with E-state index in [4.69, 9.17) is 7.85 Å². The number of hydrogen-bond donors (Lipinski definition) is 0. The van der Waals surface area contributed by atoms with Gasteiger partial charge in [0.2, 0.25) is 0 Å². The fourth-order valence-corrected chi connectivity index (χ4v) is 2.52. The van der Waals surface area contributed by atoms with Gasteiger partial charge in [-0.15, -0.1) is 0 Å². The zero-order valence-electron chi connectivity index (χ0n) is 12.9. The lowest BCUT2D eigenvalue weighted by Crippen LogP contribution is -1.83. The summed E-state index contributed by atoms with van der Waals surface area (Å²) in [5.41, 5.74) is 0. The average Bonchev–Trinajstić information content (AvgIpc) is 2.39. The van der Waals surface area contributed by atoms with Gasteiger partial charge in [0.15, 0.2) is 0 Å². The largest absolute Gasteiger partial charge is 0.0887 e.